The van der Waals surface area contributed by atoms with E-state index in [0.29, 0.717) is 21.9 Å². The molecule has 0 atom stereocenters. The highest BCUT2D eigenvalue weighted by molar-refractivity contribution is 9.10. The first-order valence-corrected chi connectivity index (χ1v) is 10.6. The molecule has 1 aliphatic rings. The van der Waals surface area contributed by atoms with E-state index in [2.05, 4.69) is 53.6 Å². The number of hydrogen-bond acceptors (Lipinski definition) is 8. The van der Waals surface area contributed by atoms with Gasteiger partial charge in [-0.05, 0) is 51.6 Å². The SMILES string of the molecule is O=C(O)c1sccc1Nc1nc(Nc2ccc(N3CCOCC3)cc2)ncc1Br. The number of carboxylic acid groups (broad SMARTS) is 1. The van der Waals surface area contributed by atoms with E-state index < -0.39 is 5.97 Å². The number of rotatable bonds is 6. The van der Waals surface area contributed by atoms with Crippen molar-refractivity contribution >= 4 is 62.1 Å². The van der Waals surface area contributed by atoms with Crippen LogP contribution in [0.1, 0.15) is 9.67 Å². The average molecular weight is 476 g/mol. The molecule has 29 heavy (non-hydrogen) atoms. The van der Waals surface area contributed by atoms with Crippen molar-refractivity contribution < 1.29 is 14.6 Å². The van der Waals surface area contributed by atoms with Crippen LogP contribution in [0.3, 0.4) is 0 Å². The van der Waals surface area contributed by atoms with Crippen LogP contribution in [0.2, 0.25) is 0 Å². The molecule has 8 nitrogen and oxygen atoms in total. The Balaban J connectivity index is 1.48. The monoisotopic (exact) mass is 475 g/mol. The summed E-state index contributed by atoms with van der Waals surface area (Å²) < 4.78 is 6.02. The number of morpholine rings is 1. The summed E-state index contributed by atoms with van der Waals surface area (Å²) in [5.74, 6) is -0.0957. The van der Waals surface area contributed by atoms with Crippen molar-refractivity contribution in [3.8, 4) is 0 Å². The van der Waals surface area contributed by atoms with Gasteiger partial charge in [0.05, 0.1) is 23.4 Å². The third kappa shape index (κ3) is 4.66. The lowest BCUT2D eigenvalue weighted by molar-refractivity contribution is 0.0703. The smallest absolute Gasteiger partial charge is 0.348 e. The summed E-state index contributed by atoms with van der Waals surface area (Å²) in [4.78, 5) is 22.6. The number of halogens is 1. The first kappa shape index (κ1) is 19.6. The average Bonchev–Trinajstić information content (AvgIpc) is 3.20. The molecule has 1 fully saturated rings. The summed E-state index contributed by atoms with van der Waals surface area (Å²) in [6.45, 7) is 3.27. The Morgan fingerprint density at radius 2 is 1.93 bits per heavy atom. The van der Waals surface area contributed by atoms with Gasteiger partial charge in [0.1, 0.15) is 10.7 Å². The molecule has 0 saturated carbocycles. The molecule has 2 aromatic heterocycles. The summed E-state index contributed by atoms with van der Waals surface area (Å²) in [5, 5.41) is 17.2. The lowest BCUT2D eigenvalue weighted by Crippen LogP contribution is -2.36. The van der Waals surface area contributed by atoms with Gasteiger partial charge in [0.2, 0.25) is 5.95 Å². The zero-order valence-corrected chi connectivity index (χ0v) is 17.7. The van der Waals surface area contributed by atoms with E-state index in [1.54, 1.807) is 17.6 Å². The number of carboxylic acids is 1. The van der Waals surface area contributed by atoms with Crippen molar-refractivity contribution in [3.63, 3.8) is 0 Å². The molecule has 0 amide bonds. The number of hydrogen-bond donors (Lipinski definition) is 3. The first-order valence-electron chi connectivity index (χ1n) is 8.90. The standard InChI is InChI=1S/C19H18BrN5O3S/c20-14-11-21-19(24-17(14)23-15-5-10-29-16(15)18(26)27)22-12-1-3-13(4-2-12)25-6-8-28-9-7-25/h1-5,10-11H,6-9H2,(H,26,27)(H2,21,22,23,24). The predicted octanol–water partition coefficient (Wildman–Crippen LogP) is 4.32. The third-order valence-electron chi connectivity index (χ3n) is 4.36. The van der Waals surface area contributed by atoms with E-state index in [0.717, 1.165) is 49.0 Å². The minimum atomic E-state index is -0.980. The fraction of sp³-hybridized carbons (Fsp3) is 0.211. The molecule has 1 saturated heterocycles. The minimum Gasteiger partial charge on any atom is -0.477 e. The van der Waals surface area contributed by atoms with Crippen LogP contribution in [0.15, 0.2) is 46.4 Å². The second-order valence-corrected chi connectivity index (χ2v) is 8.03. The molecular weight excluding hydrogens is 458 g/mol. The van der Waals surface area contributed by atoms with Crippen molar-refractivity contribution in [1.29, 1.82) is 0 Å². The van der Waals surface area contributed by atoms with Gasteiger partial charge in [0, 0.05) is 30.7 Å². The lowest BCUT2D eigenvalue weighted by Gasteiger charge is -2.28. The van der Waals surface area contributed by atoms with Crippen molar-refractivity contribution in [2.24, 2.45) is 0 Å². The Morgan fingerprint density at radius 1 is 1.17 bits per heavy atom. The van der Waals surface area contributed by atoms with Crippen LogP contribution in [-0.2, 0) is 4.74 Å². The zero-order valence-electron chi connectivity index (χ0n) is 15.3. The van der Waals surface area contributed by atoms with Crippen molar-refractivity contribution in [3.05, 3.63) is 51.3 Å². The summed E-state index contributed by atoms with van der Waals surface area (Å²) in [6.07, 6.45) is 1.62. The van der Waals surface area contributed by atoms with E-state index in [9.17, 15) is 9.90 Å². The van der Waals surface area contributed by atoms with Gasteiger partial charge in [-0.3, -0.25) is 0 Å². The molecule has 10 heteroatoms. The molecule has 0 aliphatic carbocycles. The number of aromatic carboxylic acids is 1. The van der Waals surface area contributed by atoms with E-state index in [1.807, 2.05) is 12.1 Å². The van der Waals surface area contributed by atoms with Crippen LogP contribution in [-0.4, -0.2) is 47.3 Å². The highest BCUT2D eigenvalue weighted by Crippen LogP contribution is 2.30. The van der Waals surface area contributed by atoms with Crippen LogP contribution in [0.4, 0.5) is 28.8 Å². The van der Waals surface area contributed by atoms with Crippen LogP contribution in [0.5, 0.6) is 0 Å². The highest BCUT2D eigenvalue weighted by Gasteiger charge is 2.15. The fourth-order valence-electron chi connectivity index (χ4n) is 2.92. The Kier molecular flexibility index (Phi) is 5.93. The Labute approximate surface area is 179 Å². The van der Waals surface area contributed by atoms with Crippen molar-refractivity contribution in [1.82, 2.24) is 9.97 Å². The largest absolute Gasteiger partial charge is 0.477 e. The predicted molar refractivity (Wildman–Crippen MR) is 117 cm³/mol. The van der Waals surface area contributed by atoms with E-state index >= 15 is 0 Å². The molecule has 1 aliphatic heterocycles. The number of thiophene rings is 1. The number of aromatic nitrogens is 2. The van der Waals surface area contributed by atoms with E-state index in [-0.39, 0.29) is 4.88 Å². The molecule has 0 bridgehead atoms. The van der Waals surface area contributed by atoms with Crippen LogP contribution >= 0.6 is 27.3 Å². The molecule has 3 aromatic rings. The second kappa shape index (κ2) is 8.76. The maximum absolute atomic E-state index is 11.3. The number of ether oxygens (including phenoxy) is 1. The zero-order chi connectivity index (χ0) is 20.2. The van der Waals surface area contributed by atoms with Gasteiger partial charge in [0.15, 0.2) is 0 Å². The number of nitrogens with one attached hydrogen (secondary N) is 2. The summed E-state index contributed by atoms with van der Waals surface area (Å²) in [6, 6.07) is 9.77. The molecule has 0 unspecified atom stereocenters. The third-order valence-corrected chi connectivity index (χ3v) is 5.84. The summed E-state index contributed by atoms with van der Waals surface area (Å²) >= 11 is 4.56. The number of benzene rings is 1. The van der Waals surface area contributed by atoms with Gasteiger partial charge in [-0.25, -0.2) is 9.78 Å². The van der Waals surface area contributed by atoms with Crippen LogP contribution in [0, 0.1) is 0 Å². The molecule has 150 valence electrons. The van der Waals surface area contributed by atoms with Crippen molar-refractivity contribution in [2.45, 2.75) is 0 Å². The molecule has 1 aromatic carbocycles. The highest BCUT2D eigenvalue weighted by atomic mass is 79.9. The number of nitrogens with zero attached hydrogens (tertiary/aromatic N) is 3. The van der Waals surface area contributed by atoms with Gasteiger partial charge in [-0.1, -0.05) is 0 Å². The van der Waals surface area contributed by atoms with E-state index in [1.165, 1.54) is 0 Å². The minimum absolute atomic E-state index is 0.226. The fourth-order valence-corrected chi connectivity index (χ4v) is 3.90. The summed E-state index contributed by atoms with van der Waals surface area (Å²) in [7, 11) is 0. The number of anilines is 5. The van der Waals surface area contributed by atoms with Crippen molar-refractivity contribution in [2.75, 3.05) is 41.8 Å². The molecule has 0 spiro atoms. The quantitative estimate of drug-likeness (QED) is 0.484. The van der Waals surface area contributed by atoms with Gasteiger partial charge in [0.25, 0.3) is 0 Å². The number of carbonyl (C=O) groups is 1. The molecule has 3 N–H and O–H groups in total. The van der Waals surface area contributed by atoms with E-state index in [4.69, 9.17) is 4.74 Å². The van der Waals surface area contributed by atoms with Gasteiger partial charge in [-0.15, -0.1) is 11.3 Å². The first-order chi connectivity index (χ1) is 14.1. The molecule has 3 heterocycles. The second-order valence-electron chi connectivity index (χ2n) is 6.26. The Hall–Kier alpha value is -2.69. The van der Waals surface area contributed by atoms with Gasteiger partial charge in [-0.2, -0.15) is 4.98 Å². The maximum Gasteiger partial charge on any atom is 0.348 e. The van der Waals surface area contributed by atoms with Gasteiger partial charge >= 0.3 is 5.97 Å². The Bertz CT molecular complexity index is 1010. The molecular formula is C19H18BrN5O3S. The Morgan fingerprint density at radius 3 is 2.66 bits per heavy atom. The summed E-state index contributed by atoms with van der Waals surface area (Å²) in [5.41, 5.74) is 2.50. The molecule has 4 rings (SSSR count). The van der Waals surface area contributed by atoms with Crippen LogP contribution in [0.25, 0.3) is 0 Å². The molecule has 0 radical (unpaired) electrons. The van der Waals surface area contributed by atoms with Gasteiger partial charge < -0.3 is 25.4 Å². The topological polar surface area (TPSA) is 99.6 Å². The lowest BCUT2D eigenvalue weighted by atomic mass is 10.2. The van der Waals surface area contributed by atoms with Crippen LogP contribution < -0.4 is 15.5 Å². The normalized spacial score (nSPS) is 13.9. The maximum atomic E-state index is 11.3.